The van der Waals surface area contributed by atoms with Gasteiger partial charge < -0.3 is 19.8 Å². The molecule has 2 N–H and O–H groups in total. The van der Waals surface area contributed by atoms with Crippen LogP contribution >= 0.6 is 0 Å². The molecule has 5 rings (SSSR count). The lowest BCUT2D eigenvalue weighted by atomic mass is 9.77. The number of hydrogen-bond donors (Lipinski definition) is 2. The first-order chi connectivity index (χ1) is 17.3. The third-order valence-electron chi connectivity index (χ3n) is 7.08. The van der Waals surface area contributed by atoms with E-state index in [0.29, 0.717) is 18.2 Å². The Hall–Kier alpha value is -3.72. The monoisotopic (exact) mass is 496 g/mol. The molecular weight excluding hydrogens is 467 g/mol. The molecule has 3 aliphatic rings. The van der Waals surface area contributed by atoms with Crippen LogP contribution in [0, 0.1) is 5.82 Å². The number of piperazine rings is 1. The number of ether oxygens (including phenoxy) is 1. The van der Waals surface area contributed by atoms with Crippen LogP contribution in [0.1, 0.15) is 41.6 Å². The summed E-state index contributed by atoms with van der Waals surface area (Å²) in [5, 5.41) is 15.6. The van der Waals surface area contributed by atoms with Crippen molar-refractivity contribution in [2.24, 2.45) is 0 Å². The molecule has 36 heavy (non-hydrogen) atoms. The van der Waals surface area contributed by atoms with Crippen molar-refractivity contribution in [3.8, 4) is 0 Å². The summed E-state index contributed by atoms with van der Waals surface area (Å²) in [6, 6.07) is 15.2. The van der Waals surface area contributed by atoms with Crippen LogP contribution in [0.3, 0.4) is 0 Å². The number of hydrogen-bond acceptors (Lipinski definition) is 6. The van der Waals surface area contributed by atoms with Gasteiger partial charge in [0.15, 0.2) is 0 Å². The van der Waals surface area contributed by atoms with Crippen LogP contribution in [0.5, 0.6) is 0 Å². The van der Waals surface area contributed by atoms with E-state index in [-0.39, 0.29) is 11.8 Å². The topological polar surface area (TPSA) is 107 Å². The van der Waals surface area contributed by atoms with E-state index in [0.717, 1.165) is 68.7 Å². The first-order valence-electron chi connectivity index (χ1n) is 12.0. The lowest BCUT2D eigenvalue weighted by molar-refractivity contribution is -0.134. The fourth-order valence-corrected chi connectivity index (χ4v) is 5.29. The van der Waals surface area contributed by atoms with E-state index < -0.39 is 17.5 Å². The maximum atomic E-state index is 13.1. The van der Waals surface area contributed by atoms with Crippen molar-refractivity contribution in [3.05, 3.63) is 77.6 Å². The van der Waals surface area contributed by atoms with Gasteiger partial charge in [-0.25, -0.2) is 18.8 Å². The Kier molecular flexibility index (Phi) is 7.69. The van der Waals surface area contributed by atoms with Crippen LogP contribution in [0.4, 0.5) is 10.1 Å². The van der Waals surface area contributed by atoms with Crippen LogP contribution < -0.4 is 4.90 Å². The second kappa shape index (κ2) is 10.9. The molecule has 2 heterocycles. The molecule has 0 amide bonds. The number of aliphatic carboxylic acids is 2. The minimum absolute atomic E-state index is 0.165. The summed E-state index contributed by atoms with van der Waals surface area (Å²) in [7, 11) is 0. The molecule has 0 unspecified atom stereocenters. The molecule has 2 aromatic rings. The highest BCUT2D eigenvalue weighted by Crippen LogP contribution is 2.47. The number of halogens is 1. The highest BCUT2D eigenvalue weighted by Gasteiger charge is 2.48. The van der Waals surface area contributed by atoms with Gasteiger partial charge in [-0.1, -0.05) is 18.2 Å². The van der Waals surface area contributed by atoms with Crippen LogP contribution in [-0.2, 0) is 19.9 Å². The maximum absolute atomic E-state index is 13.1. The summed E-state index contributed by atoms with van der Waals surface area (Å²) in [5.74, 6) is -2.87. The largest absolute Gasteiger partial charge is 0.478 e. The average Bonchev–Trinajstić information content (AvgIpc) is 3.15. The zero-order chi connectivity index (χ0) is 25.7. The number of rotatable bonds is 4. The molecule has 1 spiro atoms. The maximum Gasteiger partial charge on any atom is 0.339 e. The summed E-state index contributed by atoms with van der Waals surface area (Å²) < 4.78 is 19.0. The highest BCUT2D eigenvalue weighted by molar-refractivity contribution is 5.94. The normalized spacial score (nSPS) is 23.6. The number of fused-ring (bicyclic) bond motifs is 2. The Morgan fingerprint density at radius 2 is 1.50 bits per heavy atom. The van der Waals surface area contributed by atoms with Gasteiger partial charge in [0.1, 0.15) is 11.4 Å². The van der Waals surface area contributed by atoms with Gasteiger partial charge in [-0.2, -0.15) is 0 Å². The second-order valence-corrected chi connectivity index (χ2v) is 9.17. The van der Waals surface area contributed by atoms with Gasteiger partial charge in [0, 0.05) is 55.6 Å². The van der Waals surface area contributed by atoms with Gasteiger partial charge in [-0.15, -0.1) is 0 Å². The quantitative estimate of drug-likeness (QED) is 0.488. The third kappa shape index (κ3) is 5.73. The predicted octanol–water partition coefficient (Wildman–Crippen LogP) is 3.67. The summed E-state index contributed by atoms with van der Waals surface area (Å²) in [5.41, 5.74) is 2.52. The van der Waals surface area contributed by atoms with Crippen LogP contribution in [-0.4, -0.2) is 65.2 Å². The molecule has 0 aromatic heterocycles. The molecule has 1 saturated heterocycles. The Balaban J connectivity index is 0.000000331. The molecule has 1 aliphatic carbocycles. The van der Waals surface area contributed by atoms with Crippen LogP contribution in [0.25, 0.3) is 0 Å². The summed E-state index contributed by atoms with van der Waals surface area (Å²) in [6.45, 7) is 3.97. The third-order valence-corrected chi connectivity index (χ3v) is 7.08. The molecule has 2 aliphatic heterocycles. The number of anilines is 1. The van der Waals surface area contributed by atoms with Gasteiger partial charge in [-0.3, -0.25) is 4.90 Å². The highest BCUT2D eigenvalue weighted by atomic mass is 19.1. The number of carboxylic acids is 2. The van der Waals surface area contributed by atoms with E-state index in [9.17, 15) is 18.8 Å². The van der Waals surface area contributed by atoms with E-state index in [1.54, 1.807) is 0 Å². The molecule has 8 nitrogen and oxygen atoms in total. The summed E-state index contributed by atoms with van der Waals surface area (Å²) in [4.78, 5) is 36.3. The number of carbonyl (C=O) groups is 3. The van der Waals surface area contributed by atoms with Crippen LogP contribution in [0.15, 0.2) is 60.7 Å². The minimum atomic E-state index is -1.26. The fraction of sp³-hybridized carbons (Fsp3) is 0.370. The summed E-state index contributed by atoms with van der Waals surface area (Å²) >= 11 is 0. The number of benzene rings is 2. The number of carbonyl (C=O) groups excluding carboxylic acids is 1. The molecule has 190 valence electrons. The molecule has 1 saturated carbocycles. The van der Waals surface area contributed by atoms with Crippen molar-refractivity contribution in [3.63, 3.8) is 0 Å². The van der Waals surface area contributed by atoms with Gasteiger partial charge in [0.25, 0.3) is 0 Å². The van der Waals surface area contributed by atoms with Crippen molar-refractivity contribution >= 4 is 23.6 Å². The van der Waals surface area contributed by atoms with Crippen molar-refractivity contribution in [1.29, 1.82) is 0 Å². The molecule has 9 heteroatoms. The smallest absolute Gasteiger partial charge is 0.339 e. The van der Waals surface area contributed by atoms with Gasteiger partial charge >= 0.3 is 17.9 Å². The fourth-order valence-electron chi connectivity index (χ4n) is 5.29. The Morgan fingerprint density at radius 1 is 0.917 bits per heavy atom. The Labute approximate surface area is 208 Å². The minimum Gasteiger partial charge on any atom is -0.478 e. The zero-order valence-corrected chi connectivity index (χ0v) is 19.8. The van der Waals surface area contributed by atoms with E-state index >= 15 is 0 Å². The number of nitrogens with zero attached hydrogens (tertiary/aromatic N) is 2. The standard InChI is InChI=1S/C23H25FN2O2.C4H4O4/c24-17-5-7-18(8-6-17)25-13-15-26(16-14-25)19-9-11-23(12-10-19)21-4-2-1-3-20(21)22(27)28-23;5-3(6)1-2-4(7)8/h1-8,19H,9-16H2;1-2H,(H,5,6)(H,7,8)/b;2-1-. The second-order valence-electron chi connectivity index (χ2n) is 9.17. The van der Waals surface area contributed by atoms with E-state index in [1.807, 2.05) is 30.3 Å². The molecule has 2 fully saturated rings. The van der Waals surface area contributed by atoms with E-state index in [2.05, 4.69) is 15.9 Å². The number of carboxylic acid groups (broad SMARTS) is 2. The van der Waals surface area contributed by atoms with Crippen molar-refractivity contribution in [1.82, 2.24) is 4.90 Å². The average molecular weight is 497 g/mol. The molecule has 2 aromatic carbocycles. The van der Waals surface area contributed by atoms with Crippen molar-refractivity contribution in [2.75, 3.05) is 31.1 Å². The van der Waals surface area contributed by atoms with Crippen LogP contribution in [0.2, 0.25) is 0 Å². The van der Waals surface area contributed by atoms with E-state index in [4.69, 9.17) is 14.9 Å². The SMILES string of the molecule is O=C(O)/C=C\C(=O)O.O=C1OC2(CCC(N3CCN(c4ccc(F)cc4)CC3)CC2)c2ccccc21. The molecule has 0 bridgehead atoms. The van der Waals surface area contributed by atoms with E-state index in [1.165, 1.54) is 12.1 Å². The van der Waals surface area contributed by atoms with Gasteiger partial charge in [-0.05, 0) is 56.0 Å². The lowest BCUT2D eigenvalue weighted by Gasteiger charge is -2.44. The Morgan fingerprint density at radius 3 is 2.08 bits per heavy atom. The molecular formula is C27H29FN2O6. The van der Waals surface area contributed by atoms with Crippen molar-refractivity contribution in [2.45, 2.75) is 37.3 Å². The van der Waals surface area contributed by atoms with Gasteiger partial charge in [0.05, 0.1) is 5.56 Å². The van der Waals surface area contributed by atoms with Gasteiger partial charge in [0.2, 0.25) is 0 Å². The predicted molar refractivity (Wildman–Crippen MR) is 130 cm³/mol. The first-order valence-corrected chi connectivity index (χ1v) is 12.0. The Bertz CT molecular complexity index is 1120. The lowest BCUT2D eigenvalue weighted by Crippen LogP contribution is -2.52. The molecule has 0 radical (unpaired) electrons. The van der Waals surface area contributed by atoms with Crippen molar-refractivity contribution < 1.29 is 33.7 Å². The number of esters is 1. The summed E-state index contributed by atoms with van der Waals surface area (Å²) in [6.07, 6.45) is 5.03. The first kappa shape index (κ1) is 25.4. The zero-order valence-electron chi connectivity index (χ0n) is 19.8. The molecule has 0 atom stereocenters.